The van der Waals surface area contributed by atoms with Gasteiger partial charge in [0.15, 0.2) is 0 Å². The fourth-order valence-corrected chi connectivity index (χ4v) is 5.64. The Kier molecular flexibility index (Phi) is 7.10. The molecule has 0 unspecified atom stereocenters. The highest BCUT2D eigenvalue weighted by Crippen LogP contribution is 2.39. The van der Waals surface area contributed by atoms with E-state index in [-0.39, 0.29) is 12.5 Å². The molecule has 1 aromatic heterocycles. The van der Waals surface area contributed by atoms with Gasteiger partial charge in [-0.25, -0.2) is 4.79 Å². The smallest absolute Gasteiger partial charge is 0.341 e. The first-order valence-electron chi connectivity index (χ1n) is 10.4. The van der Waals surface area contributed by atoms with Crippen molar-refractivity contribution in [2.24, 2.45) is 11.8 Å². The van der Waals surface area contributed by atoms with E-state index in [1.165, 1.54) is 17.8 Å². The number of ether oxygens (including phenoxy) is 1. The third-order valence-electron chi connectivity index (χ3n) is 5.79. The molecule has 2 aliphatic rings. The summed E-state index contributed by atoms with van der Waals surface area (Å²) >= 11 is 1.44. The number of anilines is 1. The summed E-state index contributed by atoms with van der Waals surface area (Å²) in [5.41, 5.74) is 1.47. The van der Waals surface area contributed by atoms with Crippen molar-refractivity contribution in [1.82, 2.24) is 0 Å². The summed E-state index contributed by atoms with van der Waals surface area (Å²) in [5, 5.41) is 14.9. The minimum absolute atomic E-state index is 0.270. The van der Waals surface area contributed by atoms with Crippen LogP contribution in [0.5, 0.6) is 0 Å². The molecule has 2 aliphatic carbocycles. The number of rotatable bonds is 5. The molecule has 3 rings (SSSR count). The number of hydrogen-bond acceptors (Lipinski definition) is 6. The van der Waals surface area contributed by atoms with Crippen LogP contribution in [0.4, 0.5) is 5.00 Å². The predicted molar refractivity (Wildman–Crippen MR) is 105 cm³/mol. The number of carbonyl (C=O) groups is 3. The summed E-state index contributed by atoms with van der Waals surface area (Å²) in [6.45, 7) is 2.03. The van der Waals surface area contributed by atoms with Gasteiger partial charge >= 0.3 is 5.97 Å². The molecule has 1 N–H and O–H groups in total. The van der Waals surface area contributed by atoms with E-state index in [4.69, 9.17) is 4.74 Å². The van der Waals surface area contributed by atoms with Crippen LogP contribution < -0.4 is 10.4 Å². The number of amides is 1. The van der Waals surface area contributed by atoms with E-state index >= 15 is 0 Å². The molecule has 2 atom stereocenters. The molecule has 7 heteroatoms. The molecule has 1 aromatic rings. The standard InChI is InChI=1S/C21H29NO5S/c1-2-27-21(26)17-15-11-5-3-4-6-12-16(15)28-19(17)22-18(23)13-9-7-8-10-14(13)20(24)25/h13-14H,2-12H2,1H3,(H,22,23)(H,24,25)/p-1/t13-,14-/m1/s1. The van der Waals surface area contributed by atoms with Crippen LogP contribution in [0, 0.1) is 11.8 Å². The highest BCUT2D eigenvalue weighted by atomic mass is 32.1. The molecular weight excluding hydrogens is 378 g/mol. The number of carboxylic acids is 1. The topological polar surface area (TPSA) is 95.5 Å². The van der Waals surface area contributed by atoms with Crippen molar-refractivity contribution in [3.05, 3.63) is 16.0 Å². The van der Waals surface area contributed by atoms with E-state index in [0.29, 0.717) is 23.4 Å². The maximum atomic E-state index is 12.9. The van der Waals surface area contributed by atoms with Crippen molar-refractivity contribution in [1.29, 1.82) is 0 Å². The SMILES string of the molecule is CCOC(=O)c1c(NC(=O)[C@@H]2CCCC[C@H]2C(=O)[O-])sc2c1CCCCCC2. The highest BCUT2D eigenvalue weighted by molar-refractivity contribution is 7.17. The number of hydrogen-bond donors (Lipinski definition) is 1. The fourth-order valence-electron chi connectivity index (χ4n) is 4.36. The van der Waals surface area contributed by atoms with Gasteiger partial charge in [-0.15, -0.1) is 11.3 Å². The zero-order valence-corrected chi connectivity index (χ0v) is 17.2. The molecule has 0 radical (unpaired) electrons. The number of aliphatic carboxylic acids is 1. The Hall–Kier alpha value is -1.89. The molecule has 1 heterocycles. The van der Waals surface area contributed by atoms with Gasteiger partial charge in [0.05, 0.1) is 12.2 Å². The van der Waals surface area contributed by atoms with Gasteiger partial charge < -0.3 is 20.0 Å². The first-order chi connectivity index (χ1) is 13.5. The van der Waals surface area contributed by atoms with E-state index in [2.05, 4.69) is 5.32 Å². The number of aryl methyl sites for hydroxylation is 1. The van der Waals surface area contributed by atoms with Crippen molar-refractivity contribution in [3.63, 3.8) is 0 Å². The molecule has 6 nitrogen and oxygen atoms in total. The van der Waals surface area contributed by atoms with E-state index in [0.717, 1.165) is 55.4 Å². The van der Waals surface area contributed by atoms with Gasteiger partial charge in [0.25, 0.3) is 0 Å². The molecular formula is C21H28NO5S-. The second-order valence-electron chi connectivity index (χ2n) is 7.65. The van der Waals surface area contributed by atoms with Gasteiger partial charge in [0.2, 0.25) is 5.91 Å². The maximum absolute atomic E-state index is 12.9. The number of carbonyl (C=O) groups excluding carboxylic acids is 3. The zero-order chi connectivity index (χ0) is 20.1. The molecule has 28 heavy (non-hydrogen) atoms. The maximum Gasteiger partial charge on any atom is 0.341 e. The van der Waals surface area contributed by atoms with Gasteiger partial charge in [-0.2, -0.15) is 0 Å². The van der Waals surface area contributed by atoms with Gasteiger partial charge in [0.1, 0.15) is 5.00 Å². The average Bonchev–Trinajstić information content (AvgIpc) is 2.98. The second-order valence-corrected chi connectivity index (χ2v) is 8.75. The first kappa shape index (κ1) is 20.8. The van der Waals surface area contributed by atoms with E-state index in [1.54, 1.807) is 6.92 Å². The van der Waals surface area contributed by atoms with Crippen LogP contribution in [-0.2, 0) is 27.2 Å². The lowest BCUT2D eigenvalue weighted by Crippen LogP contribution is -2.42. The van der Waals surface area contributed by atoms with Crippen LogP contribution in [-0.4, -0.2) is 24.5 Å². The lowest BCUT2D eigenvalue weighted by molar-refractivity contribution is -0.313. The molecule has 1 fully saturated rings. The third kappa shape index (κ3) is 4.57. The van der Waals surface area contributed by atoms with Gasteiger partial charge in [-0.1, -0.05) is 25.7 Å². The molecule has 1 amide bonds. The highest BCUT2D eigenvalue weighted by Gasteiger charge is 2.34. The van der Waals surface area contributed by atoms with Crippen molar-refractivity contribution < 1.29 is 24.2 Å². The Balaban J connectivity index is 1.89. The monoisotopic (exact) mass is 406 g/mol. The molecule has 0 aromatic carbocycles. The lowest BCUT2D eigenvalue weighted by atomic mass is 9.78. The largest absolute Gasteiger partial charge is 0.550 e. The number of nitrogens with one attached hydrogen (secondary N) is 1. The lowest BCUT2D eigenvalue weighted by Gasteiger charge is -2.31. The Morgan fingerprint density at radius 3 is 2.39 bits per heavy atom. The summed E-state index contributed by atoms with van der Waals surface area (Å²) in [4.78, 5) is 38.2. The van der Waals surface area contributed by atoms with E-state index in [1.807, 2.05) is 0 Å². The van der Waals surface area contributed by atoms with Crippen molar-refractivity contribution >= 4 is 34.2 Å². The summed E-state index contributed by atoms with van der Waals surface area (Å²) in [6, 6.07) is 0. The number of esters is 1. The molecule has 0 spiro atoms. The summed E-state index contributed by atoms with van der Waals surface area (Å²) in [6.07, 6.45) is 8.71. The molecule has 0 bridgehead atoms. The average molecular weight is 407 g/mol. The third-order valence-corrected chi connectivity index (χ3v) is 7.00. The molecule has 154 valence electrons. The minimum atomic E-state index is -1.16. The van der Waals surface area contributed by atoms with Crippen molar-refractivity contribution in [2.45, 2.75) is 71.1 Å². The van der Waals surface area contributed by atoms with Crippen molar-refractivity contribution in [2.75, 3.05) is 11.9 Å². The van der Waals surface area contributed by atoms with Crippen molar-refractivity contribution in [3.8, 4) is 0 Å². The summed E-state index contributed by atoms with van der Waals surface area (Å²) in [5.74, 6) is -3.27. The Bertz CT molecular complexity index is 741. The number of carboxylic acid groups (broad SMARTS) is 1. The second kappa shape index (κ2) is 9.54. The number of fused-ring (bicyclic) bond motifs is 1. The Labute approximate surface area is 169 Å². The molecule has 0 aliphatic heterocycles. The van der Waals surface area contributed by atoms with E-state index < -0.39 is 23.8 Å². The molecule has 1 saturated carbocycles. The quantitative estimate of drug-likeness (QED) is 0.758. The molecule has 0 saturated heterocycles. The van der Waals surface area contributed by atoms with Crippen LogP contribution >= 0.6 is 11.3 Å². The summed E-state index contributed by atoms with van der Waals surface area (Å²) in [7, 11) is 0. The Morgan fingerprint density at radius 2 is 1.71 bits per heavy atom. The van der Waals surface area contributed by atoms with Crippen LogP contribution in [0.25, 0.3) is 0 Å². The fraction of sp³-hybridized carbons (Fsp3) is 0.667. The zero-order valence-electron chi connectivity index (χ0n) is 16.4. The minimum Gasteiger partial charge on any atom is -0.550 e. The first-order valence-corrected chi connectivity index (χ1v) is 11.2. The predicted octanol–water partition coefficient (Wildman–Crippen LogP) is 3.08. The van der Waals surface area contributed by atoms with E-state index in [9.17, 15) is 19.5 Å². The van der Waals surface area contributed by atoms with Crippen LogP contribution in [0.15, 0.2) is 0 Å². The summed E-state index contributed by atoms with van der Waals surface area (Å²) < 4.78 is 5.26. The van der Waals surface area contributed by atoms with Crippen LogP contribution in [0.1, 0.15) is 79.1 Å². The number of thiophene rings is 1. The van der Waals surface area contributed by atoms with Crippen LogP contribution in [0.3, 0.4) is 0 Å². The van der Waals surface area contributed by atoms with Crippen LogP contribution in [0.2, 0.25) is 0 Å². The Morgan fingerprint density at radius 1 is 1.04 bits per heavy atom. The normalized spacial score (nSPS) is 22.5. The van der Waals surface area contributed by atoms with Gasteiger partial charge in [0, 0.05) is 22.7 Å². The van der Waals surface area contributed by atoms with Gasteiger partial charge in [-0.05, 0) is 51.0 Å². The van der Waals surface area contributed by atoms with Gasteiger partial charge in [-0.3, -0.25) is 4.79 Å².